The lowest BCUT2D eigenvalue weighted by Crippen LogP contribution is -2.05. The van der Waals surface area contributed by atoms with Crippen LogP contribution in [0.2, 0.25) is 5.15 Å². The first-order chi connectivity index (χ1) is 8.47. The van der Waals surface area contributed by atoms with Crippen molar-refractivity contribution in [1.82, 2.24) is 9.97 Å². The molecule has 1 heterocycles. The van der Waals surface area contributed by atoms with Gasteiger partial charge in [-0.3, -0.25) is 0 Å². The number of aromatic nitrogens is 2. The molecule has 0 aliphatic rings. The van der Waals surface area contributed by atoms with Crippen molar-refractivity contribution in [1.29, 1.82) is 0 Å². The van der Waals surface area contributed by atoms with Crippen molar-refractivity contribution < 1.29 is 13.5 Å². The molecule has 0 amide bonds. The summed E-state index contributed by atoms with van der Waals surface area (Å²) >= 11 is 5.87. The predicted molar refractivity (Wildman–Crippen MR) is 65.3 cm³/mol. The van der Waals surface area contributed by atoms with E-state index < -0.39 is 12.2 Å². The van der Waals surface area contributed by atoms with Gasteiger partial charge in [-0.25, -0.2) is 18.7 Å². The lowest BCUT2D eigenvalue weighted by atomic mass is 10.2. The quantitative estimate of drug-likeness (QED) is 0.792. The van der Waals surface area contributed by atoms with Gasteiger partial charge in [0, 0.05) is 5.39 Å². The van der Waals surface area contributed by atoms with Crippen molar-refractivity contribution in [2.24, 2.45) is 0 Å². The van der Waals surface area contributed by atoms with E-state index in [1.165, 1.54) is 0 Å². The molecule has 2 aromatic rings. The highest BCUT2D eigenvalue weighted by molar-refractivity contribution is 6.34. The highest BCUT2D eigenvalue weighted by Crippen LogP contribution is 2.27. The number of hydrogen-bond donors (Lipinski definition) is 0. The first kappa shape index (κ1) is 13.0. The van der Waals surface area contributed by atoms with E-state index in [1.807, 2.05) is 13.8 Å². The molecule has 96 valence electrons. The fraction of sp³-hybridized carbons (Fsp3) is 0.333. The highest BCUT2D eigenvalue weighted by atomic mass is 35.5. The van der Waals surface area contributed by atoms with E-state index >= 15 is 0 Å². The molecular formula is C12H11ClF2N2O. The number of ether oxygens (including phenoxy) is 1. The summed E-state index contributed by atoms with van der Waals surface area (Å²) in [5.74, 6) is 0.0397. The van der Waals surface area contributed by atoms with Crippen LogP contribution in [0.3, 0.4) is 0 Å². The van der Waals surface area contributed by atoms with Gasteiger partial charge in [-0.15, -0.1) is 0 Å². The van der Waals surface area contributed by atoms with Crippen molar-refractivity contribution in [3.05, 3.63) is 29.2 Å². The maximum atomic E-state index is 12.5. The SMILES string of the molecule is CC(C)Oc1ccc2nc(C(F)F)nc(Cl)c2c1. The predicted octanol–water partition coefficient (Wildman–Crippen LogP) is 4.01. The molecule has 1 aromatic heterocycles. The molecule has 0 unspecified atom stereocenters. The standard InChI is InChI=1S/C12H11ClF2N2O/c1-6(2)18-7-3-4-9-8(5-7)10(13)17-12(16-9)11(14)15/h3-6,11H,1-2H3. The topological polar surface area (TPSA) is 35.0 Å². The summed E-state index contributed by atoms with van der Waals surface area (Å²) in [6.45, 7) is 3.78. The first-order valence-corrected chi connectivity index (χ1v) is 5.77. The molecule has 0 aliphatic carbocycles. The third-order valence-electron chi connectivity index (χ3n) is 2.20. The molecule has 0 saturated carbocycles. The van der Waals surface area contributed by atoms with Gasteiger partial charge in [0.2, 0.25) is 0 Å². The van der Waals surface area contributed by atoms with E-state index in [4.69, 9.17) is 16.3 Å². The molecular weight excluding hydrogens is 262 g/mol. The maximum Gasteiger partial charge on any atom is 0.297 e. The van der Waals surface area contributed by atoms with E-state index in [-0.39, 0.29) is 11.3 Å². The Morgan fingerprint density at radius 3 is 2.56 bits per heavy atom. The molecule has 0 aliphatic heterocycles. The Hall–Kier alpha value is -1.49. The lowest BCUT2D eigenvalue weighted by Gasteiger charge is -2.10. The number of hydrogen-bond acceptors (Lipinski definition) is 3. The number of halogens is 3. The Balaban J connectivity index is 2.51. The van der Waals surface area contributed by atoms with Crippen LogP contribution >= 0.6 is 11.6 Å². The molecule has 2 rings (SSSR count). The zero-order chi connectivity index (χ0) is 13.3. The molecule has 0 saturated heterocycles. The second kappa shape index (κ2) is 5.02. The van der Waals surface area contributed by atoms with Crippen LogP contribution < -0.4 is 4.74 Å². The maximum absolute atomic E-state index is 12.5. The molecule has 6 heteroatoms. The van der Waals surface area contributed by atoms with E-state index in [2.05, 4.69) is 9.97 Å². The second-order valence-electron chi connectivity index (χ2n) is 4.02. The zero-order valence-electron chi connectivity index (χ0n) is 9.82. The van der Waals surface area contributed by atoms with Gasteiger partial charge in [-0.2, -0.15) is 0 Å². The Bertz CT molecular complexity index is 575. The summed E-state index contributed by atoms with van der Waals surface area (Å²) in [6, 6.07) is 4.90. The van der Waals surface area contributed by atoms with Gasteiger partial charge in [0.25, 0.3) is 6.43 Å². The largest absolute Gasteiger partial charge is 0.491 e. The average Bonchev–Trinajstić information content (AvgIpc) is 2.28. The Morgan fingerprint density at radius 1 is 1.22 bits per heavy atom. The molecule has 18 heavy (non-hydrogen) atoms. The fourth-order valence-electron chi connectivity index (χ4n) is 1.53. The van der Waals surface area contributed by atoms with Crippen molar-refractivity contribution in [3.8, 4) is 5.75 Å². The lowest BCUT2D eigenvalue weighted by molar-refractivity contribution is 0.141. The van der Waals surface area contributed by atoms with Gasteiger partial charge in [-0.1, -0.05) is 11.6 Å². The van der Waals surface area contributed by atoms with Gasteiger partial charge in [0.15, 0.2) is 5.82 Å². The molecule has 0 radical (unpaired) electrons. The summed E-state index contributed by atoms with van der Waals surface area (Å²) in [7, 11) is 0. The Labute approximate surface area is 108 Å². The summed E-state index contributed by atoms with van der Waals surface area (Å²) in [4.78, 5) is 7.32. The van der Waals surface area contributed by atoms with Crippen LogP contribution in [0.5, 0.6) is 5.75 Å². The number of alkyl halides is 2. The summed E-state index contributed by atoms with van der Waals surface area (Å²) in [5.41, 5.74) is 0.376. The number of fused-ring (bicyclic) bond motifs is 1. The molecule has 3 nitrogen and oxygen atoms in total. The highest BCUT2D eigenvalue weighted by Gasteiger charge is 2.14. The second-order valence-corrected chi connectivity index (χ2v) is 4.38. The van der Waals surface area contributed by atoms with Gasteiger partial charge in [-0.05, 0) is 32.0 Å². The summed E-state index contributed by atoms with van der Waals surface area (Å²) in [5, 5.41) is 0.503. The fourth-order valence-corrected chi connectivity index (χ4v) is 1.77. The van der Waals surface area contributed by atoms with Crippen LogP contribution in [-0.2, 0) is 0 Å². The van der Waals surface area contributed by atoms with Crippen LogP contribution in [-0.4, -0.2) is 16.1 Å². The number of benzene rings is 1. The van der Waals surface area contributed by atoms with Gasteiger partial charge in [0.1, 0.15) is 10.9 Å². The van der Waals surface area contributed by atoms with Crippen LogP contribution in [0.1, 0.15) is 26.1 Å². The Morgan fingerprint density at radius 2 is 1.94 bits per heavy atom. The summed E-state index contributed by atoms with van der Waals surface area (Å²) in [6.07, 6.45) is -2.72. The third-order valence-corrected chi connectivity index (χ3v) is 2.49. The van der Waals surface area contributed by atoms with E-state index in [9.17, 15) is 8.78 Å². The van der Waals surface area contributed by atoms with Crippen LogP contribution in [0.25, 0.3) is 10.9 Å². The van der Waals surface area contributed by atoms with E-state index in [1.54, 1.807) is 18.2 Å². The Kier molecular flexibility index (Phi) is 3.61. The zero-order valence-corrected chi connectivity index (χ0v) is 10.6. The minimum absolute atomic E-state index is 0.00417. The van der Waals surface area contributed by atoms with Crippen molar-refractivity contribution in [2.45, 2.75) is 26.4 Å². The van der Waals surface area contributed by atoms with E-state index in [0.29, 0.717) is 16.7 Å². The van der Waals surface area contributed by atoms with Gasteiger partial charge in [0.05, 0.1) is 11.6 Å². The minimum atomic E-state index is -2.74. The van der Waals surface area contributed by atoms with Crippen molar-refractivity contribution in [2.75, 3.05) is 0 Å². The number of nitrogens with zero attached hydrogens (tertiary/aromatic N) is 2. The minimum Gasteiger partial charge on any atom is -0.491 e. The molecule has 0 atom stereocenters. The molecule has 0 spiro atoms. The average molecular weight is 273 g/mol. The molecule has 0 N–H and O–H groups in total. The molecule has 1 aromatic carbocycles. The van der Waals surface area contributed by atoms with Crippen molar-refractivity contribution >= 4 is 22.5 Å². The first-order valence-electron chi connectivity index (χ1n) is 5.39. The normalized spacial score (nSPS) is 11.5. The van der Waals surface area contributed by atoms with E-state index in [0.717, 1.165) is 0 Å². The third kappa shape index (κ3) is 2.67. The van der Waals surface area contributed by atoms with Gasteiger partial charge < -0.3 is 4.74 Å². The summed E-state index contributed by atoms with van der Waals surface area (Å²) < 4.78 is 30.5. The van der Waals surface area contributed by atoms with Crippen molar-refractivity contribution in [3.63, 3.8) is 0 Å². The molecule has 0 bridgehead atoms. The smallest absolute Gasteiger partial charge is 0.297 e. The monoisotopic (exact) mass is 272 g/mol. The van der Waals surface area contributed by atoms with Crippen LogP contribution in [0, 0.1) is 0 Å². The van der Waals surface area contributed by atoms with Gasteiger partial charge >= 0.3 is 0 Å². The molecule has 0 fully saturated rings. The van der Waals surface area contributed by atoms with Crippen LogP contribution in [0.4, 0.5) is 8.78 Å². The number of rotatable bonds is 3. The van der Waals surface area contributed by atoms with Crippen LogP contribution in [0.15, 0.2) is 18.2 Å².